The standard InChI is InChI=1S/C23H23ClO7/c1-11(25)21-19(26)20(27)22(28)23(31-21)16-8-14(17(24)9-15(16)10-30-23)7-12-2-3-18-13(6-12)4-5-29-18/h2-6,8-9,11,19-22,25-28H,7,10H2,1H3/t11-,19+,20+,21-,22-,23+/m1/s1. The third kappa shape index (κ3) is 3.29. The molecule has 0 aliphatic carbocycles. The van der Waals surface area contributed by atoms with Crippen molar-refractivity contribution in [3.8, 4) is 0 Å². The molecule has 2 aromatic carbocycles. The van der Waals surface area contributed by atoms with E-state index in [-0.39, 0.29) is 6.61 Å². The van der Waals surface area contributed by atoms with Crippen LogP contribution in [0.2, 0.25) is 5.02 Å². The summed E-state index contributed by atoms with van der Waals surface area (Å²) in [5.74, 6) is -1.70. The van der Waals surface area contributed by atoms with Gasteiger partial charge in [0.05, 0.1) is 19.0 Å². The first-order chi connectivity index (χ1) is 14.8. The summed E-state index contributed by atoms with van der Waals surface area (Å²) >= 11 is 6.54. The highest BCUT2D eigenvalue weighted by atomic mass is 35.5. The molecular weight excluding hydrogens is 424 g/mol. The monoisotopic (exact) mass is 446 g/mol. The van der Waals surface area contributed by atoms with Crippen LogP contribution in [0.5, 0.6) is 0 Å². The van der Waals surface area contributed by atoms with Gasteiger partial charge >= 0.3 is 0 Å². The van der Waals surface area contributed by atoms with Gasteiger partial charge in [0.25, 0.3) is 0 Å². The van der Waals surface area contributed by atoms with E-state index in [9.17, 15) is 20.4 Å². The molecule has 4 N–H and O–H groups in total. The minimum atomic E-state index is -1.70. The predicted molar refractivity (Wildman–Crippen MR) is 112 cm³/mol. The number of hydrogen-bond donors (Lipinski definition) is 4. The third-order valence-electron chi connectivity index (χ3n) is 6.19. The van der Waals surface area contributed by atoms with Crippen molar-refractivity contribution in [1.82, 2.24) is 0 Å². The molecule has 0 saturated carbocycles. The average molecular weight is 447 g/mol. The number of halogens is 1. The molecule has 164 valence electrons. The predicted octanol–water partition coefficient (Wildman–Crippen LogP) is 2.22. The Morgan fingerprint density at radius 1 is 1.13 bits per heavy atom. The topological polar surface area (TPSA) is 113 Å². The minimum Gasteiger partial charge on any atom is -0.464 e. The van der Waals surface area contributed by atoms with Crippen LogP contribution in [0.1, 0.15) is 29.2 Å². The summed E-state index contributed by atoms with van der Waals surface area (Å²) < 4.78 is 17.2. The van der Waals surface area contributed by atoms with Gasteiger partial charge in [-0.3, -0.25) is 0 Å². The van der Waals surface area contributed by atoms with Gasteiger partial charge in [-0.15, -0.1) is 0 Å². The van der Waals surface area contributed by atoms with Crippen molar-refractivity contribution in [1.29, 1.82) is 0 Å². The zero-order chi connectivity index (χ0) is 21.9. The smallest absolute Gasteiger partial charge is 0.225 e. The molecule has 3 aromatic rings. The van der Waals surface area contributed by atoms with Gasteiger partial charge < -0.3 is 34.3 Å². The molecular formula is C23H23ClO7. The van der Waals surface area contributed by atoms with Crippen molar-refractivity contribution in [2.45, 2.75) is 56.3 Å². The summed E-state index contributed by atoms with van der Waals surface area (Å²) in [6.45, 7) is 1.56. The Labute approximate surface area is 183 Å². The fraction of sp³-hybridized carbons (Fsp3) is 0.391. The molecule has 8 heteroatoms. The number of furan rings is 1. The highest BCUT2D eigenvalue weighted by molar-refractivity contribution is 6.31. The van der Waals surface area contributed by atoms with Crippen LogP contribution in [-0.4, -0.2) is 50.9 Å². The number of rotatable bonds is 3. The average Bonchev–Trinajstić information content (AvgIpc) is 3.34. The molecule has 2 aliphatic rings. The summed E-state index contributed by atoms with van der Waals surface area (Å²) in [5, 5.41) is 43.1. The lowest BCUT2D eigenvalue weighted by Crippen LogP contribution is -2.64. The zero-order valence-electron chi connectivity index (χ0n) is 16.7. The van der Waals surface area contributed by atoms with Gasteiger partial charge in [0.15, 0.2) is 0 Å². The Bertz CT molecular complexity index is 1130. The van der Waals surface area contributed by atoms with E-state index >= 15 is 0 Å². The van der Waals surface area contributed by atoms with Gasteiger partial charge in [0.2, 0.25) is 5.79 Å². The molecule has 0 bridgehead atoms. The Hall–Kier alpha value is -1.97. The molecule has 1 spiro atoms. The number of aliphatic hydroxyl groups excluding tert-OH is 4. The lowest BCUT2D eigenvalue weighted by atomic mass is 9.85. The second-order valence-electron chi connectivity index (χ2n) is 8.28. The molecule has 31 heavy (non-hydrogen) atoms. The van der Waals surface area contributed by atoms with Crippen molar-refractivity contribution >= 4 is 22.6 Å². The van der Waals surface area contributed by atoms with E-state index in [0.29, 0.717) is 22.6 Å². The highest BCUT2D eigenvalue weighted by Crippen LogP contribution is 2.47. The number of ether oxygens (including phenoxy) is 2. The molecule has 0 amide bonds. The number of benzene rings is 2. The van der Waals surface area contributed by atoms with Crippen molar-refractivity contribution in [3.63, 3.8) is 0 Å². The van der Waals surface area contributed by atoms with Crippen LogP contribution in [0, 0.1) is 0 Å². The second kappa shape index (κ2) is 7.56. The SMILES string of the molecule is C[C@@H](O)[C@H]1O[C@]2(OCc3cc(Cl)c(Cc4ccc5occc5c4)cc32)[C@H](O)[C@@H](O)[C@@H]1O. The van der Waals surface area contributed by atoms with E-state index in [4.69, 9.17) is 25.5 Å². The first kappa shape index (κ1) is 20.9. The molecule has 7 nitrogen and oxygen atoms in total. The quantitative estimate of drug-likeness (QED) is 0.488. The van der Waals surface area contributed by atoms with E-state index in [1.54, 1.807) is 18.4 Å². The Morgan fingerprint density at radius 3 is 2.71 bits per heavy atom. The van der Waals surface area contributed by atoms with Crippen LogP contribution in [-0.2, 0) is 28.3 Å². The van der Waals surface area contributed by atoms with Crippen LogP contribution in [0.4, 0.5) is 0 Å². The molecule has 1 aromatic heterocycles. The largest absolute Gasteiger partial charge is 0.464 e. The van der Waals surface area contributed by atoms with Crippen molar-refractivity contribution in [2.75, 3.05) is 0 Å². The second-order valence-corrected chi connectivity index (χ2v) is 8.68. The lowest BCUT2D eigenvalue weighted by molar-refractivity contribution is -0.374. The van der Waals surface area contributed by atoms with E-state index < -0.39 is 36.3 Å². The van der Waals surface area contributed by atoms with E-state index in [2.05, 4.69) is 0 Å². The van der Waals surface area contributed by atoms with Crippen LogP contribution in [0.25, 0.3) is 11.0 Å². The maximum absolute atomic E-state index is 10.8. The normalized spacial score (nSPS) is 31.3. The van der Waals surface area contributed by atoms with Crippen molar-refractivity contribution < 1.29 is 34.3 Å². The third-order valence-corrected chi connectivity index (χ3v) is 6.54. The van der Waals surface area contributed by atoms with Gasteiger partial charge in [0, 0.05) is 16.0 Å². The van der Waals surface area contributed by atoms with Crippen molar-refractivity contribution in [2.24, 2.45) is 0 Å². The summed E-state index contributed by atoms with van der Waals surface area (Å²) in [6.07, 6.45) is -4.62. The first-order valence-corrected chi connectivity index (χ1v) is 10.5. The Balaban J connectivity index is 1.54. The van der Waals surface area contributed by atoms with Gasteiger partial charge in [-0.05, 0) is 60.4 Å². The number of aliphatic hydroxyl groups is 4. The van der Waals surface area contributed by atoms with Gasteiger partial charge in [-0.2, -0.15) is 0 Å². The molecule has 1 saturated heterocycles. The number of hydrogen-bond acceptors (Lipinski definition) is 7. The molecule has 5 rings (SSSR count). The van der Waals surface area contributed by atoms with Crippen LogP contribution >= 0.6 is 11.6 Å². The summed E-state index contributed by atoms with van der Waals surface area (Å²) in [6, 6.07) is 11.3. The van der Waals surface area contributed by atoms with Gasteiger partial charge in [0.1, 0.15) is 30.0 Å². The first-order valence-electron chi connectivity index (χ1n) is 10.1. The fourth-order valence-electron chi connectivity index (χ4n) is 4.52. The highest BCUT2D eigenvalue weighted by Gasteiger charge is 2.59. The van der Waals surface area contributed by atoms with Crippen LogP contribution in [0.3, 0.4) is 0 Å². The fourth-order valence-corrected chi connectivity index (χ4v) is 4.77. The molecule has 2 aliphatic heterocycles. The van der Waals surface area contributed by atoms with Crippen LogP contribution < -0.4 is 0 Å². The molecule has 1 fully saturated rings. The Morgan fingerprint density at radius 2 is 1.94 bits per heavy atom. The van der Waals surface area contributed by atoms with E-state index in [1.165, 1.54) is 6.92 Å². The van der Waals surface area contributed by atoms with Gasteiger partial charge in [-0.1, -0.05) is 17.7 Å². The summed E-state index contributed by atoms with van der Waals surface area (Å²) in [4.78, 5) is 0. The van der Waals surface area contributed by atoms with E-state index in [1.807, 2.05) is 24.3 Å². The lowest BCUT2D eigenvalue weighted by Gasteiger charge is -2.47. The molecule has 0 unspecified atom stereocenters. The van der Waals surface area contributed by atoms with Crippen molar-refractivity contribution in [3.05, 3.63) is 69.9 Å². The zero-order valence-corrected chi connectivity index (χ0v) is 17.5. The maximum Gasteiger partial charge on any atom is 0.225 e. The summed E-state index contributed by atoms with van der Waals surface area (Å²) in [7, 11) is 0. The van der Waals surface area contributed by atoms with Gasteiger partial charge in [-0.25, -0.2) is 0 Å². The molecule has 6 atom stereocenters. The van der Waals surface area contributed by atoms with Crippen LogP contribution in [0.15, 0.2) is 47.1 Å². The molecule has 3 heterocycles. The summed E-state index contributed by atoms with van der Waals surface area (Å²) in [5.41, 5.74) is 3.85. The number of fused-ring (bicyclic) bond motifs is 3. The maximum atomic E-state index is 10.8. The minimum absolute atomic E-state index is 0.114. The Kier molecular flexibility index (Phi) is 5.10. The van der Waals surface area contributed by atoms with E-state index in [0.717, 1.165) is 22.1 Å². The molecule has 0 radical (unpaired) electrons.